The van der Waals surface area contributed by atoms with Crippen LogP contribution in [0.4, 0.5) is 14.5 Å². The fourth-order valence-corrected chi connectivity index (χ4v) is 1.85. The predicted molar refractivity (Wildman–Crippen MR) is 56.3 cm³/mol. The molecule has 1 aliphatic rings. The smallest absolute Gasteiger partial charge is 0.182 e. The minimum Gasteiger partial charge on any atom is -0.375 e. The second-order valence-electron chi connectivity index (χ2n) is 4.05. The summed E-state index contributed by atoms with van der Waals surface area (Å²) in [7, 11) is 3.46. The van der Waals surface area contributed by atoms with Gasteiger partial charge in [0.25, 0.3) is 0 Å². The number of nitrogens with zero attached hydrogens (tertiary/aromatic N) is 1. The van der Waals surface area contributed by atoms with Crippen LogP contribution in [-0.4, -0.2) is 27.2 Å². The Kier molecular flexibility index (Phi) is 2.61. The van der Waals surface area contributed by atoms with Crippen LogP contribution in [-0.2, 0) is 0 Å². The molecule has 0 amide bonds. The first kappa shape index (κ1) is 10.4. The van der Waals surface area contributed by atoms with Crippen molar-refractivity contribution in [3.05, 3.63) is 29.3 Å². The van der Waals surface area contributed by atoms with Crippen LogP contribution in [0.25, 0.3) is 0 Å². The molecule has 1 N–H and O–H groups in total. The standard InChI is InChI=1S/C11H14F2N2/c1-15(2)11-8(7-5-14-6-7)3-4-9(12)10(11)13/h3-4,7,14H,5-6H2,1-2H3. The van der Waals surface area contributed by atoms with Gasteiger partial charge in [-0.1, -0.05) is 6.07 Å². The third-order valence-corrected chi connectivity index (χ3v) is 2.77. The maximum Gasteiger partial charge on any atom is 0.182 e. The third-order valence-electron chi connectivity index (χ3n) is 2.77. The van der Waals surface area contributed by atoms with Gasteiger partial charge in [0.15, 0.2) is 11.6 Å². The van der Waals surface area contributed by atoms with Crippen LogP contribution in [0.3, 0.4) is 0 Å². The molecule has 1 aromatic carbocycles. The molecule has 1 aromatic rings. The van der Waals surface area contributed by atoms with Crippen LogP contribution in [0.2, 0.25) is 0 Å². The lowest BCUT2D eigenvalue weighted by molar-refractivity contribution is 0.442. The van der Waals surface area contributed by atoms with Crippen LogP contribution in [0, 0.1) is 11.6 Å². The molecule has 82 valence electrons. The van der Waals surface area contributed by atoms with Gasteiger partial charge in [0, 0.05) is 33.1 Å². The van der Waals surface area contributed by atoms with E-state index in [4.69, 9.17) is 0 Å². The van der Waals surface area contributed by atoms with E-state index in [-0.39, 0.29) is 0 Å². The van der Waals surface area contributed by atoms with E-state index in [1.54, 1.807) is 25.1 Å². The van der Waals surface area contributed by atoms with E-state index in [0.717, 1.165) is 18.7 Å². The van der Waals surface area contributed by atoms with Crippen molar-refractivity contribution in [2.45, 2.75) is 5.92 Å². The van der Waals surface area contributed by atoms with E-state index < -0.39 is 11.6 Å². The molecule has 0 saturated carbocycles. The maximum atomic E-state index is 13.6. The average molecular weight is 212 g/mol. The van der Waals surface area contributed by atoms with Crippen LogP contribution in [0.1, 0.15) is 11.5 Å². The van der Waals surface area contributed by atoms with Crippen molar-refractivity contribution in [1.82, 2.24) is 5.32 Å². The molecule has 0 aliphatic carbocycles. The Morgan fingerprint density at radius 2 is 1.93 bits per heavy atom. The molecule has 1 aliphatic heterocycles. The molecule has 15 heavy (non-hydrogen) atoms. The van der Waals surface area contributed by atoms with Crippen LogP contribution in [0.15, 0.2) is 12.1 Å². The zero-order chi connectivity index (χ0) is 11.0. The molecular formula is C11H14F2N2. The molecule has 0 atom stereocenters. The van der Waals surface area contributed by atoms with Gasteiger partial charge in [-0.05, 0) is 11.6 Å². The summed E-state index contributed by atoms with van der Waals surface area (Å²) in [6, 6.07) is 2.88. The summed E-state index contributed by atoms with van der Waals surface area (Å²) in [5.41, 5.74) is 1.26. The van der Waals surface area contributed by atoms with Gasteiger partial charge in [-0.25, -0.2) is 8.78 Å². The van der Waals surface area contributed by atoms with Crippen LogP contribution in [0.5, 0.6) is 0 Å². The molecule has 1 saturated heterocycles. The SMILES string of the molecule is CN(C)c1c(C2CNC2)ccc(F)c1F. The Morgan fingerprint density at radius 3 is 2.40 bits per heavy atom. The van der Waals surface area contributed by atoms with E-state index in [9.17, 15) is 8.78 Å². The summed E-state index contributed by atoms with van der Waals surface area (Å²) in [6.45, 7) is 1.68. The van der Waals surface area contributed by atoms with Crippen molar-refractivity contribution < 1.29 is 8.78 Å². The highest BCUT2D eigenvalue weighted by Crippen LogP contribution is 2.32. The second kappa shape index (κ2) is 3.77. The summed E-state index contributed by atoms with van der Waals surface area (Å²) in [6.07, 6.45) is 0. The lowest BCUT2D eigenvalue weighted by Gasteiger charge is -2.31. The zero-order valence-corrected chi connectivity index (χ0v) is 8.85. The van der Waals surface area contributed by atoms with E-state index in [2.05, 4.69) is 5.32 Å². The van der Waals surface area contributed by atoms with Gasteiger partial charge in [-0.2, -0.15) is 0 Å². The van der Waals surface area contributed by atoms with Crippen molar-refractivity contribution in [1.29, 1.82) is 0 Å². The van der Waals surface area contributed by atoms with E-state index in [1.807, 2.05) is 0 Å². The predicted octanol–water partition coefficient (Wildman–Crippen LogP) is 1.72. The van der Waals surface area contributed by atoms with Crippen molar-refractivity contribution in [3.63, 3.8) is 0 Å². The number of rotatable bonds is 2. The molecule has 0 unspecified atom stereocenters. The quantitative estimate of drug-likeness (QED) is 0.803. The minimum absolute atomic E-state index is 0.303. The van der Waals surface area contributed by atoms with E-state index in [0.29, 0.717) is 11.6 Å². The number of nitrogens with one attached hydrogen (secondary N) is 1. The Bertz CT molecular complexity index is 373. The molecule has 4 heteroatoms. The summed E-state index contributed by atoms with van der Waals surface area (Å²) in [5, 5.41) is 3.13. The fraction of sp³-hybridized carbons (Fsp3) is 0.455. The highest BCUT2D eigenvalue weighted by molar-refractivity contribution is 5.56. The van der Waals surface area contributed by atoms with Crippen LogP contribution < -0.4 is 10.2 Å². The summed E-state index contributed by atoms with van der Waals surface area (Å²) in [5.74, 6) is -1.23. The Balaban J connectivity index is 2.48. The Hall–Kier alpha value is -1.16. The van der Waals surface area contributed by atoms with Gasteiger partial charge in [-0.15, -0.1) is 0 Å². The molecule has 0 spiro atoms. The highest BCUT2D eigenvalue weighted by atomic mass is 19.2. The summed E-state index contributed by atoms with van der Waals surface area (Å²) < 4.78 is 26.7. The number of anilines is 1. The fourth-order valence-electron chi connectivity index (χ4n) is 1.85. The van der Waals surface area contributed by atoms with Gasteiger partial charge in [0.1, 0.15) is 0 Å². The molecule has 2 nitrogen and oxygen atoms in total. The number of benzene rings is 1. The van der Waals surface area contributed by atoms with Gasteiger partial charge in [0.2, 0.25) is 0 Å². The van der Waals surface area contributed by atoms with Gasteiger partial charge in [-0.3, -0.25) is 0 Å². The van der Waals surface area contributed by atoms with Crippen molar-refractivity contribution in [2.24, 2.45) is 0 Å². The highest BCUT2D eigenvalue weighted by Gasteiger charge is 2.25. The molecule has 0 radical (unpaired) electrons. The molecular weight excluding hydrogens is 198 g/mol. The molecule has 0 aromatic heterocycles. The van der Waals surface area contributed by atoms with Crippen molar-refractivity contribution >= 4 is 5.69 Å². The zero-order valence-electron chi connectivity index (χ0n) is 8.85. The third kappa shape index (κ3) is 1.69. The number of hydrogen-bond donors (Lipinski definition) is 1. The average Bonchev–Trinajstić information content (AvgIpc) is 2.08. The lowest BCUT2D eigenvalue weighted by Crippen LogP contribution is -2.40. The monoisotopic (exact) mass is 212 g/mol. The summed E-state index contributed by atoms with van der Waals surface area (Å²) >= 11 is 0. The van der Waals surface area contributed by atoms with Crippen molar-refractivity contribution in [2.75, 3.05) is 32.1 Å². The molecule has 2 rings (SSSR count). The van der Waals surface area contributed by atoms with Gasteiger partial charge >= 0.3 is 0 Å². The molecule has 1 fully saturated rings. The molecule has 1 heterocycles. The first-order valence-electron chi connectivity index (χ1n) is 4.97. The Morgan fingerprint density at radius 1 is 1.27 bits per heavy atom. The van der Waals surface area contributed by atoms with Gasteiger partial charge in [0.05, 0.1) is 5.69 Å². The number of hydrogen-bond acceptors (Lipinski definition) is 2. The Labute approximate surface area is 87.9 Å². The maximum absolute atomic E-state index is 13.6. The number of halogens is 2. The lowest BCUT2D eigenvalue weighted by atomic mass is 9.91. The topological polar surface area (TPSA) is 15.3 Å². The van der Waals surface area contributed by atoms with Crippen LogP contribution >= 0.6 is 0 Å². The first-order chi connectivity index (χ1) is 7.11. The first-order valence-corrected chi connectivity index (χ1v) is 4.97. The minimum atomic E-state index is -0.783. The van der Waals surface area contributed by atoms with Gasteiger partial charge < -0.3 is 10.2 Å². The van der Waals surface area contributed by atoms with E-state index >= 15 is 0 Å². The second-order valence-corrected chi connectivity index (χ2v) is 4.05. The largest absolute Gasteiger partial charge is 0.375 e. The van der Waals surface area contributed by atoms with Crippen molar-refractivity contribution in [3.8, 4) is 0 Å². The molecule has 0 bridgehead atoms. The normalized spacial score (nSPS) is 16.3. The van der Waals surface area contributed by atoms with E-state index in [1.165, 1.54) is 6.07 Å². The summed E-state index contributed by atoms with van der Waals surface area (Å²) in [4.78, 5) is 1.63.